The van der Waals surface area contributed by atoms with E-state index in [1.807, 2.05) is 6.92 Å². The lowest BCUT2D eigenvalue weighted by Crippen LogP contribution is -2.46. The van der Waals surface area contributed by atoms with Crippen LogP contribution in [0, 0.1) is 5.92 Å². The number of likely N-dealkylation sites (tertiary alicyclic amines) is 1. The lowest BCUT2D eigenvalue weighted by Gasteiger charge is -2.35. The van der Waals surface area contributed by atoms with Crippen LogP contribution in [0.25, 0.3) is 0 Å². The highest BCUT2D eigenvalue weighted by Gasteiger charge is 2.38. The molecule has 0 spiro atoms. The van der Waals surface area contributed by atoms with Crippen LogP contribution in [-0.4, -0.2) is 54.5 Å². The first-order valence-corrected chi connectivity index (χ1v) is 7.05. The van der Waals surface area contributed by atoms with E-state index in [0.717, 1.165) is 38.9 Å². The van der Waals surface area contributed by atoms with Gasteiger partial charge in [0.05, 0.1) is 0 Å². The molecule has 3 nitrogen and oxygen atoms in total. The predicted octanol–water partition coefficient (Wildman–Crippen LogP) is 2.01. The van der Waals surface area contributed by atoms with Crippen LogP contribution in [0.5, 0.6) is 0 Å². The lowest BCUT2D eigenvalue weighted by molar-refractivity contribution is -0.202. The molecule has 1 heterocycles. The first-order valence-electron chi connectivity index (χ1n) is 7.05. The smallest absolute Gasteiger partial charge is 0.382 e. The third-order valence-corrected chi connectivity index (χ3v) is 3.89. The summed E-state index contributed by atoms with van der Waals surface area (Å²) in [7, 11) is 0. The highest BCUT2D eigenvalue weighted by molar-refractivity contribution is 4.81. The van der Waals surface area contributed by atoms with Gasteiger partial charge in [-0.1, -0.05) is 6.92 Å². The Labute approximate surface area is 113 Å². The lowest BCUT2D eigenvalue weighted by atomic mass is 9.90. The summed E-state index contributed by atoms with van der Waals surface area (Å²) in [4.78, 5) is 2.40. The Hall–Kier alpha value is -0.330. The molecule has 1 rings (SSSR count). The Morgan fingerprint density at radius 1 is 1.32 bits per heavy atom. The second kappa shape index (κ2) is 7.45. The molecule has 1 fully saturated rings. The highest BCUT2D eigenvalue weighted by Crippen LogP contribution is 2.22. The molecule has 2 unspecified atom stereocenters. The number of nitrogens with one attached hydrogen (secondary N) is 1. The van der Waals surface area contributed by atoms with Crippen molar-refractivity contribution in [2.75, 3.05) is 26.2 Å². The molecule has 0 radical (unpaired) electrons. The Morgan fingerprint density at radius 2 is 1.89 bits per heavy atom. The molecule has 2 N–H and O–H groups in total. The summed E-state index contributed by atoms with van der Waals surface area (Å²) in [5.74, 6) is 0.397. The maximum absolute atomic E-state index is 12.2. The van der Waals surface area contributed by atoms with Crippen molar-refractivity contribution in [1.29, 1.82) is 0 Å². The van der Waals surface area contributed by atoms with Crippen molar-refractivity contribution in [3.8, 4) is 0 Å². The topological polar surface area (TPSA) is 35.5 Å². The molecule has 6 heteroatoms. The van der Waals surface area contributed by atoms with Crippen molar-refractivity contribution < 1.29 is 18.3 Å². The number of halogens is 3. The number of nitrogens with zero attached hydrogens (tertiary/aromatic N) is 1. The molecule has 114 valence electrons. The third kappa shape index (κ3) is 5.67. The normalized spacial score (nSPS) is 22.4. The Morgan fingerprint density at radius 3 is 2.37 bits per heavy atom. The molecule has 0 aliphatic carbocycles. The van der Waals surface area contributed by atoms with Gasteiger partial charge in [-0.3, -0.25) is 0 Å². The molecule has 1 aliphatic heterocycles. The van der Waals surface area contributed by atoms with E-state index < -0.39 is 18.8 Å². The zero-order valence-corrected chi connectivity index (χ0v) is 11.7. The van der Waals surface area contributed by atoms with E-state index >= 15 is 0 Å². The van der Waals surface area contributed by atoms with Crippen LogP contribution in [0.15, 0.2) is 0 Å². The van der Waals surface area contributed by atoms with Crippen LogP contribution in [0.1, 0.15) is 33.1 Å². The van der Waals surface area contributed by atoms with E-state index in [0.29, 0.717) is 5.92 Å². The van der Waals surface area contributed by atoms with Crippen LogP contribution < -0.4 is 5.32 Å². The molecule has 0 amide bonds. The highest BCUT2D eigenvalue weighted by atomic mass is 19.4. The summed E-state index contributed by atoms with van der Waals surface area (Å²) >= 11 is 0. The monoisotopic (exact) mass is 282 g/mol. The minimum atomic E-state index is -4.53. The zero-order valence-electron chi connectivity index (χ0n) is 11.7. The van der Waals surface area contributed by atoms with Gasteiger partial charge in [-0.2, -0.15) is 13.2 Å². The molecular weight excluding hydrogens is 257 g/mol. The minimum absolute atomic E-state index is 0.0146. The van der Waals surface area contributed by atoms with Crippen molar-refractivity contribution in [2.24, 2.45) is 5.92 Å². The summed E-state index contributed by atoms with van der Waals surface area (Å²) in [6.07, 6.45) is -3.64. The number of rotatable bonds is 6. The van der Waals surface area contributed by atoms with E-state index in [9.17, 15) is 13.2 Å². The minimum Gasteiger partial charge on any atom is -0.382 e. The second-order valence-corrected chi connectivity index (χ2v) is 5.43. The quantitative estimate of drug-likeness (QED) is 0.782. The van der Waals surface area contributed by atoms with Gasteiger partial charge in [0.2, 0.25) is 0 Å². The second-order valence-electron chi connectivity index (χ2n) is 5.43. The Bertz CT molecular complexity index is 253. The summed E-state index contributed by atoms with van der Waals surface area (Å²) < 4.78 is 36.5. The van der Waals surface area contributed by atoms with Crippen molar-refractivity contribution >= 4 is 0 Å². The predicted molar refractivity (Wildman–Crippen MR) is 69.0 cm³/mol. The summed E-state index contributed by atoms with van der Waals surface area (Å²) in [5, 5.41) is 11.8. The van der Waals surface area contributed by atoms with Gasteiger partial charge in [0.15, 0.2) is 6.10 Å². The van der Waals surface area contributed by atoms with E-state index in [2.05, 4.69) is 17.1 Å². The first-order chi connectivity index (χ1) is 8.84. The van der Waals surface area contributed by atoms with Gasteiger partial charge in [0.25, 0.3) is 0 Å². The molecule has 0 saturated carbocycles. The molecule has 1 saturated heterocycles. The fourth-order valence-corrected chi connectivity index (χ4v) is 2.57. The molecule has 0 bridgehead atoms. The largest absolute Gasteiger partial charge is 0.415 e. The number of hydrogen-bond donors (Lipinski definition) is 2. The van der Waals surface area contributed by atoms with Gasteiger partial charge in [-0.05, 0) is 51.7 Å². The van der Waals surface area contributed by atoms with E-state index in [4.69, 9.17) is 5.11 Å². The van der Waals surface area contributed by atoms with E-state index in [1.165, 1.54) is 0 Å². The van der Waals surface area contributed by atoms with Crippen molar-refractivity contribution in [1.82, 2.24) is 10.2 Å². The van der Waals surface area contributed by atoms with Crippen LogP contribution in [0.4, 0.5) is 13.2 Å². The SMILES string of the molecule is CCCN1CCC(C(C)NCC(O)C(F)(F)F)CC1. The Kier molecular flexibility index (Phi) is 6.56. The number of hydrogen-bond acceptors (Lipinski definition) is 3. The van der Waals surface area contributed by atoms with Crippen LogP contribution in [0.2, 0.25) is 0 Å². The van der Waals surface area contributed by atoms with Gasteiger partial charge in [0.1, 0.15) is 0 Å². The first kappa shape index (κ1) is 16.7. The summed E-state index contributed by atoms with van der Waals surface area (Å²) in [6, 6.07) is 0.0146. The Balaban J connectivity index is 2.26. The molecule has 0 aromatic carbocycles. The van der Waals surface area contributed by atoms with Gasteiger partial charge in [0, 0.05) is 12.6 Å². The van der Waals surface area contributed by atoms with E-state index in [-0.39, 0.29) is 6.04 Å². The van der Waals surface area contributed by atoms with Gasteiger partial charge in [-0.25, -0.2) is 0 Å². The van der Waals surface area contributed by atoms with Crippen LogP contribution in [-0.2, 0) is 0 Å². The standard InChI is InChI=1S/C13H25F3N2O/c1-3-6-18-7-4-11(5-8-18)10(2)17-9-12(19)13(14,15)16/h10-12,17,19H,3-9H2,1-2H3. The zero-order chi connectivity index (χ0) is 14.5. The van der Waals surface area contributed by atoms with Crippen LogP contribution >= 0.6 is 0 Å². The number of alkyl halides is 3. The van der Waals surface area contributed by atoms with Crippen molar-refractivity contribution in [3.63, 3.8) is 0 Å². The average Bonchev–Trinajstić information content (AvgIpc) is 2.35. The third-order valence-electron chi connectivity index (χ3n) is 3.89. The maximum atomic E-state index is 12.2. The molecule has 19 heavy (non-hydrogen) atoms. The van der Waals surface area contributed by atoms with Gasteiger partial charge < -0.3 is 15.3 Å². The summed E-state index contributed by atoms with van der Waals surface area (Å²) in [5.41, 5.74) is 0. The maximum Gasteiger partial charge on any atom is 0.415 e. The van der Waals surface area contributed by atoms with E-state index in [1.54, 1.807) is 0 Å². The van der Waals surface area contributed by atoms with Crippen molar-refractivity contribution in [2.45, 2.75) is 51.4 Å². The number of aliphatic hydroxyl groups excluding tert-OH is 1. The molecule has 2 atom stereocenters. The van der Waals surface area contributed by atoms with Gasteiger partial charge >= 0.3 is 6.18 Å². The van der Waals surface area contributed by atoms with Crippen molar-refractivity contribution in [3.05, 3.63) is 0 Å². The fourth-order valence-electron chi connectivity index (χ4n) is 2.57. The van der Waals surface area contributed by atoms with Gasteiger partial charge in [-0.15, -0.1) is 0 Å². The van der Waals surface area contributed by atoms with Crippen LogP contribution in [0.3, 0.4) is 0 Å². The fraction of sp³-hybridized carbons (Fsp3) is 1.00. The summed E-state index contributed by atoms with van der Waals surface area (Å²) in [6.45, 7) is 6.78. The molecular formula is C13H25F3N2O. The molecule has 1 aliphatic rings. The number of piperidine rings is 1. The number of aliphatic hydroxyl groups is 1. The molecule has 0 aromatic rings. The molecule has 0 aromatic heterocycles. The average molecular weight is 282 g/mol.